The second kappa shape index (κ2) is 4.58. The smallest absolute Gasteiger partial charge is 0.0569 e. The molecule has 1 aromatic heterocycles. The van der Waals surface area contributed by atoms with Gasteiger partial charge in [-0.15, -0.1) is 0 Å². The van der Waals surface area contributed by atoms with Crippen LogP contribution in [0.15, 0.2) is 24.4 Å². The van der Waals surface area contributed by atoms with Crippen LogP contribution >= 0.6 is 0 Å². The number of aromatic amines is 1. The molecule has 0 bridgehead atoms. The average molecular weight is 243 g/mol. The highest BCUT2D eigenvalue weighted by Crippen LogP contribution is 2.30. The summed E-state index contributed by atoms with van der Waals surface area (Å²) in [4.78, 5) is 0. The molecule has 3 heteroatoms. The summed E-state index contributed by atoms with van der Waals surface area (Å²) in [6.45, 7) is 9.30. The standard InChI is InChI=1S/C15H21N3/c1-10-7-11(15(2,3)4)5-6-12(10)13-9-17-18-14(13)8-16/h5-7,9H,8,16H2,1-4H3,(H,17,18). The zero-order chi connectivity index (χ0) is 13.3. The third-order valence-corrected chi connectivity index (χ3v) is 3.31. The van der Waals surface area contributed by atoms with E-state index >= 15 is 0 Å². The molecule has 3 N–H and O–H groups in total. The quantitative estimate of drug-likeness (QED) is 0.851. The predicted octanol–water partition coefficient (Wildman–Crippen LogP) is 3.14. The Morgan fingerprint density at radius 3 is 2.50 bits per heavy atom. The minimum absolute atomic E-state index is 0.177. The molecule has 0 atom stereocenters. The molecule has 0 aliphatic rings. The lowest BCUT2D eigenvalue weighted by Gasteiger charge is -2.20. The van der Waals surface area contributed by atoms with Crippen molar-refractivity contribution in [1.82, 2.24) is 10.2 Å². The highest BCUT2D eigenvalue weighted by atomic mass is 15.1. The third-order valence-electron chi connectivity index (χ3n) is 3.31. The Labute approximate surface area is 108 Å². The Hall–Kier alpha value is -1.61. The molecule has 0 radical (unpaired) electrons. The van der Waals surface area contributed by atoms with E-state index in [1.807, 2.05) is 6.20 Å². The number of hydrogen-bond acceptors (Lipinski definition) is 2. The number of nitrogens with two attached hydrogens (primary N) is 1. The molecule has 0 saturated heterocycles. The van der Waals surface area contributed by atoms with Crippen molar-refractivity contribution in [2.24, 2.45) is 5.73 Å². The van der Waals surface area contributed by atoms with E-state index in [9.17, 15) is 0 Å². The molecule has 0 amide bonds. The van der Waals surface area contributed by atoms with Gasteiger partial charge in [0, 0.05) is 12.1 Å². The van der Waals surface area contributed by atoms with Gasteiger partial charge in [0.1, 0.15) is 0 Å². The lowest BCUT2D eigenvalue weighted by Crippen LogP contribution is -2.11. The number of hydrogen-bond donors (Lipinski definition) is 2. The van der Waals surface area contributed by atoms with E-state index in [4.69, 9.17) is 5.73 Å². The number of aryl methyl sites for hydroxylation is 1. The van der Waals surface area contributed by atoms with Gasteiger partial charge in [0.05, 0.1) is 11.9 Å². The fourth-order valence-corrected chi connectivity index (χ4v) is 2.13. The number of rotatable bonds is 2. The van der Waals surface area contributed by atoms with E-state index in [1.54, 1.807) is 0 Å². The van der Waals surface area contributed by atoms with Crippen molar-refractivity contribution < 1.29 is 0 Å². The number of benzene rings is 1. The molecular weight excluding hydrogens is 222 g/mol. The largest absolute Gasteiger partial charge is 0.325 e. The van der Waals surface area contributed by atoms with Crippen LogP contribution in [0.3, 0.4) is 0 Å². The molecule has 18 heavy (non-hydrogen) atoms. The van der Waals surface area contributed by atoms with Gasteiger partial charge in [0.25, 0.3) is 0 Å². The van der Waals surface area contributed by atoms with Gasteiger partial charge in [-0.2, -0.15) is 5.10 Å². The molecule has 0 saturated carbocycles. The molecule has 0 aliphatic carbocycles. The maximum absolute atomic E-state index is 5.71. The minimum atomic E-state index is 0.177. The normalized spacial score (nSPS) is 11.8. The fraction of sp³-hybridized carbons (Fsp3) is 0.400. The van der Waals surface area contributed by atoms with Gasteiger partial charge in [-0.05, 0) is 29.0 Å². The highest BCUT2D eigenvalue weighted by Gasteiger charge is 2.16. The van der Waals surface area contributed by atoms with Gasteiger partial charge in [-0.3, -0.25) is 5.10 Å². The lowest BCUT2D eigenvalue weighted by molar-refractivity contribution is 0.590. The molecule has 2 aromatic rings. The van der Waals surface area contributed by atoms with E-state index in [0.29, 0.717) is 6.54 Å². The van der Waals surface area contributed by atoms with Gasteiger partial charge in [-0.1, -0.05) is 39.0 Å². The van der Waals surface area contributed by atoms with Crippen LogP contribution in [0.1, 0.15) is 37.6 Å². The molecule has 3 nitrogen and oxygen atoms in total. The minimum Gasteiger partial charge on any atom is -0.325 e. The average Bonchev–Trinajstić information content (AvgIpc) is 2.75. The summed E-state index contributed by atoms with van der Waals surface area (Å²) in [6, 6.07) is 6.61. The molecule has 96 valence electrons. The molecule has 2 rings (SSSR count). The molecule has 0 unspecified atom stereocenters. The van der Waals surface area contributed by atoms with Crippen LogP contribution in [0.4, 0.5) is 0 Å². The van der Waals surface area contributed by atoms with Crippen molar-refractivity contribution in [2.75, 3.05) is 0 Å². The first-order chi connectivity index (χ1) is 8.43. The summed E-state index contributed by atoms with van der Waals surface area (Å²) in [7, 11) is 0. The Bertz CT molecular complexity index is 547. The summed E-state index contributed by atoms with van der Waals surface area (Å²) in [6.07, 6.45) is 1.85. The van der Waals surface area contributed by atoms with Crippen LogP contribution in [0.2, 0.25) is 0 Å². The van der Waals surface area contributed by atoms with Crippen molar-refractivity contribution in [3.63, 3.8) is 0 Å². The summed E-state index contributed by atoms with van der Waals surface area (Å²) >= 11 is 0. The summed E-state index contributed by atoms with van der Waals surface area (Å²) in [5.41, 5.74) is 11.8. The van der Waals surface area contributed by atoms with Crippen LogP contribution in [-0.2, 0) is 12.0 Å². The van der Waals surface area contributed by atoms with Crippen molar-refractivity contribution >= 4 is 0 Å². The monoisotopic (exact) mass is 243 g/mol. The molecule has 0 fully saturated rings. The van der Waals surface area contributed by atoms with Crippen LogP contribution in [0.5, 0.6) is 0 Å². The van der Waals surface area contributed by atoms with Gasteiger partial charge in [-0.25, -0.2) is 0 Å². The maximum atomic E-state index is 5.71. The van der Waals surface area contributed by atoms with E-state index in [-0.39, 0.29) is 5.41 Å². The Balaban J connectivity index is 2.48. The second-order valence-electron chi connectivity index (χ2n) is 5.75. The lowest BCUT2D eigenvalue weighted by atomic mass is 9.84. The number of nitrogens with one attached hydrogen (secondary N) is 1. The molecule has 0 aliphatic heterocycles. The van der Waals surface area contributed by atoms with Crippen molar-refractivity contribution in [2.45, 2.75) is 39.7 Å². The van der Waals surface area contributed by atoms with E-state index in [2.05, 4.69) is 56.1 Å². The number of aromatic nitrogens is 2. The zero-order valence-electron chi connectivity index (χ0n) is 11.5. The Morgan fingerprint density at radius 2 is 1.94 bits per heavy atom. The molecule has 1 aromatic carbocycles. The Kier molecular flexibility index (Phi) is 3.26. The van der Waals surface area contributed by atoms with E-state index in [1.165, 1.54) is 16.7 Å². The first kappa shape index (κ1) is 12.8. The van der Waals surface area contributed by atoms with Crippen LogP contribution in [0, 0.1) is 6.92 Å². The predicted molar refractivity (Wildman–Crippen MR) is 75.4 cm³/mol. The Morgan fingerprint density at radius 1 is 1.22 bits per heavy atom. The van der Waals surface area contributed by atoms with Crippen LogP contribution in [-0.4, -0.2) is 10.2 Å². The first-order valence-corrected chi connectivity index (χ1v) is 6.27. The van der Waals surface area contributed by atoms with Gasteiger partial charge >= 0.3 is 0 Å². The van der Waals surface area contributed by atoms with Crippen molar-refractivity contribution in [3.05, 3.63) is 41.2 Å². The number of H-pyrrole nitrogens is 1. The SMILES string of the molecule is Cc1cc(C(C)(C)C)ccc1-c1cn[nH]c1CN. The van der Waals surface area contributed by atoms with E-state index < -0.39 is 0 Å². The summed E-state index contributed by atoms with van der Waals surface area (Å²) < 4.78 is 0. The molecule has 1 heterocycles. The van der Waals surface area contributed by atoms with Crippen molar-refractivity contribution in [1.29, 1.82) is 0 Å². The van der Waals surface area contributed by atoms with Gasteiger partial charge < -0.3 is 5.73 Å². The second-order valence-corrected chi connectivity index (χ2v) is 5.75. The highest BCUT2D eigenvalue weighted by molar-refractivity contribution is 5.69. The first-order valence-electron chi connectivity index (χ1n) is 6.27. The summed E-state index contributed by atoms with van der Waals surface area (Å²) in [5, 5.41) is 7.03. The molecule has 0 spiro atoms. The fourth-order valence-electron chi connectivity index (χ4n) is 2.13. The van der Waals surface area contributed by atoms with Crippen molar-refractivity contribution in [3.8, 4) is 11.1 Å². The van der Waals surface area contributed by atoms with Crippen LogP contribution < -0.4 is 5.73 Å². The topological polar surface area (TPSA) is 54.7 Å². The van der Waals surface area contributed by atoms with E-state index in [0.717, 1.165) is 11.3 Å². The van der Waals surface area contributed by atoms with Gasteiger partial charge in [0.15, 0.2) is 0 Å². The van der Waals surface area contributed by atoms with Gasteiger partial charge in [0.2, 0.25) is 0 Å². The van der Waals surface area contributed by atoms with Crippen LogP contribution in [0.25, 0.3) is 11.1 Å². The maximum Gasteiger partial charge on any atom is 0.0569 e. The summed E-state index contributed by atoms with van der Waals surface area (Å²) in [5.74, 6) is 0. The zero-order valence-corrected chi connectivity index (χ0v) is 11.5. The number of nitrogens with zero attached hydrogens (tertiary/aromatic N) is 1. The molecular formula is C15H21N3. The third kappa shape index (κ3) is 2.31.